The number of rotatable bonds is 6. The molecule has 0 saturated carbocycles. The first-order chi connectivity index (χ1) is 11.3. The van der Waals surface area contributed by atoms with Crippen molar-refractivity contribution >= 4 is 16.7 Å². The fourth-order valence-corrected chi connectivity index (χ4v) is 3.50. The molecule has 0 aliphatic carbocycles. The lowest BCUT2D eigenvalue weighted by Gasteiger charge is -2.31. The zero-order chi connectivity index (χ0) is 16.1. The lowest BCUT2D eigenvalue weighted by atomic mass is 10.1. The Bertz CT molecular complexity index is 624. The van der Waals surface area contributed by atoms with E-state index in [0.717, 1.165) is 42.5 Å². The van der Waals surface area contributed by atoms with Crippen molar-refractivity contribution in [3.05, 3.63) is 29.8 Å². The molecule has 124 valence electrons. The number of nitrogens with zero attached hydrogens (tertiary/aromatic N) is 3. The number of aromatic nitrogens is 2. The van der Waals surface area contributed by atoms with Crippen LogP contribution < -0.4 is 4.90 Å². The highest BCUT2D eigenvalue weighted by Gasteiger charge is 2.22. The van der Waals surface area contributed by atoms with Crippen LogP contribution in [-0.4, -0.2) is 48.9 Å². The molecule has 1 aromatic heterocycles. The minimum atomic E-state index is 0.338. The Balaban J connectivity index is 1.57. The maximum absolute atomic E-state index is 5.81. The molecule has 0 unspecified atom stereocenters. The second-order valence-corrected chi connectivity index (χ2v) is 6.55. The second-order valence-electron chi connectivity index (χ2n) is 5.82. The van der Waals surface area contributed by atoms with Gasteiger partial charge < -0.3 is 14.4 Å². The molecule has 1 aliphatic heterocycles. The minimum absolute atomic E-state index is 0.338. The number of benzene rings is 1. The van der Waals surface area contributed by atoms with Gasteiger partial charge in [0.2, 0.25) is 5.13 Å². The van der Waals surface area contributed by atoms with E-state index >= 15 is 0 Å². The lowest BCUT2D eigenvalue weighted by molar-refractivity contribution is 0.00610. The van der Waals surface area contributed by atoms with Gasteiger partial charge in [-0.25, -0.2) is 0 Å². The average molecular weight is 333 g/mol. The van der Waals surface area contributed by atoms with Gasteiger partial charge in [-0.1, -0.05) is 23.8 Å². The van der Waals surface area contributed by atoms with Crippen LogP contribution in [0.5, 0.6) is 0 Å². The standard InChI is InChI=1S/C17H23N3O2S/c1-13-4-3-5-14(12-13)16-18-17(23-19-16)20-8-6-15(7-9-20)22-11-10-21-2/h3-5,12,15H,6-11H2,1-2H3. The van der Waals surface area contributed by atoms with Crippen LogP contribution in [0.4, 0.5) is 5.13 Å². The van der Waals surface area contributed by atoms with E-state index in [1.165, 1.54) is 17.1 Å². The van der Waals surface area contributed by atoms with E-state index in [0.29, 0.717) is 19.3 Å². The molecule has 0 bridgehead atoms. The Labute approximate surface area is 141 Å². The second kappa shape index (κ2) is 7.86. The van der Waals surface area contributed by atoms with E-state index < -0.39 is 0 Å². The molecule has 2 heterocycles. The summed E-state index contributed by atoms with van der Waals surface area (Å²) >= 11 is 1.48. The van der Waals surface area contributed by atoms with Crippen molar-refractivity contribution in [3.63, 3.8) is 0 Å². The zero-order valence-corrected chi connectivity index (χ0v) is 14.5. The van der Waals surface area contributed by atoms with Crippen LogP contribution in [0.25, 0.3) is 11.4 Å². The first-order valence-electron chi connectivity index (χ1n) is 8.02. The maximum Gasteiger partial charge on any atom is 0.205 e. The molecule has 1 aromatic carbocycles. The Morgan fingerprint density at radius 3 is 2.83 bits per heavy atom. The normalized spacial score (nSPS) is 16.0. The first-order valence-corrected chi connectivity index (χ1v) is 8.80. The van der Waals surface area contributed by atoms with Crippen molar-refractivity contribution < 1.29 is 9.47 Å². The topological polar surface area (TPSA) is 47.5 Å². The van der Waals surface area contributed by atoms with E-state index in [1.807, 2.05) is 6.07 Å². The SMILES string of the molecule is COCCOC1CCN(c2nc(-c3cccc(C)c3)ns2)CC1. The third-order valence-corrected chi connectivity index (χ3v) is 4.82. The van der Waals surface area contributed by atoms with Crippen molar-refractivity contribution in [3.8, 4) is 11.4 Å². The van der Waals surface area contributed by atoms with Crippen LogP contribution >= 0.6 is 11.5 Å². The predicted octanol–water partition coefficient (Wildman–Crippen LogP) is 3.15. The van der Waals surface area contributed by atoms with Crippen molar-refractivity contribution in [2.24, 2.45) is 0 Å². The molecule has 23 heavy (non-hydrogen) atoms. The highest BCUT2D eigenvalue weighted by molar-refractivity contribution is 7.09. The molecule has 1 saturated heterocycles. The Kier molecular flexibility index (Phi) is 5.59. The number of hydrogen-bond donors (Lipinski definition) is 0. The zero-order valence-electron chi connectivity index (χ0n) is 13.7. The van der Waals surface area contributed by atoms with Crippen LogP contribution in [-0.2, 0) is 9.47 Å². The molecule has 0 atom stereocenters. The third kappa shape index (κ3) is 4.28. The van der Waals surface area contributed by atoms with E-state index in [2.05, 4.69) is 34.4 Å². The molecule has 2 aromatic rings. The summed E-state index contributed by atoms with van der Waals surface area (Å²) in [6.07, 6.45) is 2.40. The average Bonchev–Trinajstić information content (AvgIpc) is 3.06. The quantitative estimate of drug-likeness (QED) is 0.760. The minimum Gasteiger partial charge on any atom is -0.382 e. The predicted molar refractivity (Wildman–Crippen MR) is 93.1 cm³/mol. The Morgan fingerprint density at radius 2 is 2.09 bits per heavy atom. The van der Waals surface area contributed by atoms with Gasteiger partial charge in [0.05, 0.1) is 19.3 Å². The summed E-state index contributed by atoms with van der Waals surface area (Å²) in [5, 5.41) is 1.01. The number of ether oxygens (including phenoxy) is 2. The molecule has 0 N–H and O–H groups in total. The van der Waals surface area contributed by atoms with Crippen molar-refractivity contribution in [1.29, 1.82) is 0 Å². The maximum atomic E-state index is 5.81. The van der Waals surface area contributed by atoms with Gasteiger partial charge in [0, 0.05) is 37.3 Å². The number of hydrogen-bond acceptors (Lipinski definition) is 6. The monoisotopic (exact) mass is 333 g/mol. The van der Waals surface area contributed by atoms with Gasteiger partial charge in [0.25, 0.3) is 0 Å². The summed E-state index contributed by atoms with van der Waals surface area (Å²) in [6, 6.07) is 8.33. The largest absolute Gasteiger partial charge is 0.382 e. The molecule has 0 spiro atoms. The van der Waals surface area contributed by atoms with Crippen LogP contribution in [0.15, 0.2) is 24.3 Å². The van der Waals surface area contributed by atoms with Gasteiger partial charge in [0.15, 0.2) is 5.82 Å². The molecule has 0 radical (unpaired) electrons. The fraction of sp³-hybridized carbons (Fsp3) is 0.529. The van der Waals surface area contributed by atoms with Crippen molar-refractivity contribution in [2.75, 3.05) is 38.3 Å². The highest BCUT2D eigenvalue weighted by atomic mass is 32.1. The lowest BCUT2D eigenvalue weighted by Crippen LogP contribution is -2.37. The van der Waals surface area contributed by atoms with Crippen LogP contribution in [0.3, 0.4) is 0 Å². The highest BCUT2D eigenvalue weighted by Crippen LogP contribution is 2.27. The molecule has 1 aliphatic rings. The fourth-order valence-electron chi connectivity index (χ4n) is 2.76. The molecular weight excluding hydrogens is 310 g/mol. The van der Waals surface area contributed by atoms with Gasteiger partial charge in [-0.3, -0.25) is 0 Å². The van der Waals surface area contributed by atoms with Gasteiger partial charge in [-0.05, 0) is 25.8 Å². The Morgan fingerprint density at radius 1 is 1.26 bits per heavy atom. The van der Waals surface area contributed by atoms with Crippen LogP contribution in [0.2, 0.25) is 0 Å². The number of piperidine rings is 1. The summed E-state index contributed by atoms with van der Waals surface area (Å²) in [6.45, 7) is 5.37. The Hall–Kier alpha value is -1.50. The molecule has 5 nitrogen and oxygen atoms in total. The summed E-state index contributed by atoms with van der Waals surface area (Å²) in [5.41, 5.74) is 2.32. The summed E-state index contributed by atoms with van der Waals surface area (Å²) < 4.78 is 15.4. The summed E-state index contributed by atoms with van der Waals surface area (Å²) in [5.74, 6) is 0.826. The first kappa shape index (κ1) is 16.4. The van der Waals surface area contributed by atoms with Crippen LogP contribution in [0, 0.1) is 6.92 Å². The number of aryl methyl sites for hydroxylation is 1. The summed E-state index contributed by atoms with van der Waals surface area (Å²) in [7, 11) is 1.70. The van der Waals surface area contributed by atoms with Crippen molar-refractivity contribution in [2.45, 2.75) is 25.9 Å². The molecular formula is C17H23N3O2S. The third-order valence-electron chi connectivity index (χ3n) is 4.05. The van der Waals surface area contributed by atoms with Gasteiger partial charge in [0.1, 0.15) is 0 Å². The number of methoxy groups -OCH3 is 1. The van der Waals surface area contributed by atoms with Gasteiger partial charge >= 0.3 is 0 Å². The van der Waals surface area contributed by atoms with Crippen molar-refractivity contribution in [1.82, 2.24) is 9.36 Å². The molecule has 0 amide bonds. The van der Waals surface area contributed by atoms with Gasteiger partial charge in [-0.2, -0.15) is 9.36 Å². The van der Waals surface area contributed by atoms with E-state index in [1.54, 1.807) is 7.11 Å². The molecule has 6 heteroatoms. The molecule has 1 fully saturated rings. The smallest absolute Gasteiger partial charge is 0.205 e. The summed E-state index contributed by atoms with van der Waals surface area (Å²) in [4.78, 5) is 7.03. The van der Waals surface area contributed by atoms with Gasteiger partial charge in [-0.15, -0.1) is 0 Å². The van der Waals surface area contributed by atoms with E-state index in [9.17, 15) is 0 Å². The van der Waals surface area contributed by atoms with E-state index in [4.69, 9.17) is 14.5 Å². The van der Waals surface area contributed by atoms with Crippen LogP contribution in [0.1, 0.15) is 18.4 Å². The van der Waals surface area contributed by atoms with E-state index in [-0.39, 0.29) is 0 Å². The number of anilines is 1. The molecule has 3 rings (SSSR count).